The number of piperidine rings is 1. The number of halogens is 3. The van der Waals surface area contributed by atoms with E-state index < -0.39 is 48.0 Å². The van der Waals surface area contributed by atoms with E-state index in [1.165, 1.54) is 30.0 Å². The third-order valence-corrected chi connectivity index (χ3v) is 5.96. The van der Waals surface area contributed by atoms with Crippen molar-refractivity contribution in [1.29, 1.82) is 0 Å². The smallest absolute Gasteiger partial charge is 0.465 e. The van der Waals surface area contributed by atoms with Crippen LogP contribution in [0.3, 0.4) is 0 Å². The number of carboxylic acid groups (broad SMARTS) is 1. The van der Waals surface area contributed by atoms with Crippen LogP contribution in [-0.2, 0) is 16.1 Å². The minimum absolute atomic E-state index is 0.0521. The predicted octanol–water partition coefficient (Wildman–Crippen LogP) is 3.59. The number of carbonyl (C=O) groups excluding carboxylic acids is 3. The van der Waals surface area contributed by atoms with Crippen molar-refractivity contribution >= 4 is 29.5 Å². The number of benzene rings is 2. The quantitative estimate of drug-likeness (QED) is 0.618. The number of fused-ring (bicyclic) bond motifs is 1. The Kier molecular flexibility index (Phi) is 6.14. The number of anilines is 1. The average Bonchev–Trinajstić information content (AvgIpc) is 3.08. The number of nitrogens with zero attached hydrogens (tertiary/aromatic N) is 2. The molecule has 2 heterocycles. The van der Waals surface area contributed by atoms with Crippen molar-refractivity contribution < 1.29 is 42.2 Å². The number of carbonyl (C=O) groups is 4. The second kappa shape index (κ2) is 8.93. The number of rotatable bonds is 5. The number of hydrogen-bond acceptors (Lipinski definition) is 5. The Balaban J connectivity index is 1.60. The van der Waals surface area contributed by atoms with Crippen molar-refractivity contribution in [2.45, 2.75) is 44.8 Å². The van der Waals surface area contributed by atoms with Gasteiger partial charge in [0.1, 0.15) is 11.8 Å². The zero-order valence-corrected chi connectivity index (χ0v) is 18.3. The lowest BCUT2D eigenvalue weighted by Crippen LogP contribution is -2.52. The van der Waals surface area contributed by atoms with E-state index in [0.29, 0.717) is 16.7 Å². The standard InChI is InChI=1S/C23H20F3N3O6/c1-12(29(22(33)34)15-3-2-4-16(10-15)35-23(24,25)26)13-5-6-14-11-28(21(32)17(14)9-13)18-7-8-19(30)27-20(18)31/h2-6,9-10,12,18H,7-8,11H2,1H3,(H,33,34)(H,27,30,31). The number of imide groups is 1. The summed E-state index contributed by atoms with van der Waals surface area (Å²) in [6.45, 7) is 1.69. The van der Waals surface area contributed by atoms with E-state index in [4.69, 9.17) is 0 Å². The largest absolute Gasteiger partial charge is 0.573 e. The van der Waals surface area contributed by atoms with Crippen molar-refractivity contribution in [1.82, 2.24) is 10.2 Å². The molecular weight excluding hydrogens is 471 g/mol. The van der Waals surface area contributed by atoms with E-state index in [0.717, 1.165) is 17.0 Å². The Bertz CT molecular complexity index is 1220. The monoisotopic (exact) mass is 491 g/mol. The molecule has 2 aromatic carbocycles. The third kappa shape index (κ3) is 4.91. The first kappa shape index (κ1) is 24.0. The van der Waals surface area contributed by atoms with Crippen molar-refractivity contribution in [2.75, 3.05) is 4.90 Å². The van der Waals surface area contributed by atoms with Crippen LogP contribution >= 0.6 is 0 Å². The Labute approximate surface area is 197 Å². The second-order valence-corrected chi connectivity index (χ2v) is 8.19. The van der Waals surface area contributed by atoms with Gasteiger partial charge in [0, 0.05) is 24.6 Å². The van der Waals surface area contributed by atoms with Crippen LogP contribution in [0.5, 0.6) is 5.75 Å². The fraction of sp³-hybridized carbons (Fsp3) is 0.304. The van der Waals surface area contributed by atoms with Gasteiger partial charge in [-0.3, -0.25) is 24.6 Å². The van der Waals surface area contributed by atoms with Gasteiger partial charge < -0.3 is 14.7 Å². The summed E-state index contributed by atoms with van der Waals surface area (Å²) in [5.41, 5.74) is 1.30. The van der Waals surface area contributed by atoms with Gasteiger partial charge in [0.15, 0.2) is 0 Å². The van der Waals surface area contributed by atoms with Gasteiger partial charge >= 0.3 is 12.5 Å². The van der Waals surface area contributed by atoms with Crippen LogP contribution in [0.4, 0.5) is 23.7 Å². The first-order chi connectivity index (χ1) is 16.4. The molecule has 0 radical (unpaired) electrons. The van der Waals surface area contributed by atoms with Crippen molar-refractivity contribution in [2.24, 2.45) is 0 Å². The SMILES string of the molecule is CC(c1ccc2c(c1)C(=O)N(C1CCC(=O)NC1=O)C2)N(C(=O)O)c1cccc(OC(F)(F)F)c1. The molecule has 0 aromatic heterocycles. The fourth-order valence-electron chi connectivity index (χ4n) is 4.31. The fourth-order valence-corrected chi connectivity index (χ4v) is 4.31. The molecule has 35 heavy (non-hydrogen) atoms. The van der Waals surface area contributed by atoms with Crippen LogP contribution in [0.2, 0.25) is 0 Å². The first-order valence-corrected chi connectivity index (χ1v) is 10.6. The first-order valence-electron chi connectivity index (χ1n) is 10.6. The number of nitrogens with one attached hydrogen (secondary N) is 1. The van der Waals surface area contributed by atoms with Gasteiger partial charge in [0.05, 0.1) is 11.7 Å². The Morgan fingerprint density at radius 1 is 1.20 bits per heavy atom. The zero-order valence-electron chi connectivity index (χ0n) is 18.3. The number of alkyl halides is 3. The summed E-state index contributed by atoms with van der Waals surface area (Å²) in [5, 5.41) is 12.0. The number of ether oxygens (including phenoxy) is 1. The van der Waals surface area contributed by atoms with Crippen LogP contribution in [0.15, 0.2) is 42.5 Å². The minimum Gasteiger partial charge on any atom is -0.465 e. The van der Waals surface area contributed by atoms with Gasteiger partial charge in [0.25, 0.3) is 5.91 Å². The Morgan fingerprint density at radius 2 is 1.94 bits per heavy atom. The van der Waals surface area contributed by atoms with E-state index in [1.807, 2.05) is 0 Å². The third-order valence-electron chi connectivity index (χ3n) is 5.96. The molecule has 2 atom stereocenters. The molecule has 4 amide bonds. The van der Waals surface area contributed by atoms with Crippen LogP contribution < -0.4 is 15.0 Å². The normalized spacial score (nSPS) is 18.7. The highest BCUT2D eigenvalue weighted by Gasteiger charge is 2.39. The molecule has 2 N–H and O–H groups in total. The van der Waals surface area contributed by atoms with E-state index in [9.17, 15) is 37.5 Å². The highest BCUT2D eigenvalue weighted by Crippen LogP contribution is 2.34. The summed E-state index contributed by atoms with van der Waals surface area (Å²) in [7, 11) is 0. The van der Waals surface area contributed by atoms with E-state index in [-0.39, 0.29) is 25.1 Å². The summed E-state index contributed by atoms with van der Waals surface area (Å²) >= 11 is 0. The van der Waals surface area contributed by atoms with E-state index in [1.54, 1.807) is 12.1 Å². The molecular formula is C23H20F3N3O6. The van der Waals surface area contributed by atoms with E-state index in [2.05, 4.69) is 10.1 Å². The van der Waals surface area contributed by atoms with E-state index >= 15 is 0 Å². The topological polar surface area (TPSA) is 116 Å². The van der Waals surface area contributed by atoms with Crippen molar-refractivity contribution in [3.63, 3.8) is 0 Å². The lowest BCUT2D eigenvalue weighted by Gasteiger charge is -2.29. The zero-order chi connectivity index (χ0) is 25.5. The van der Waals surface area contributed by atoms with Crippen molar-refractivity contribution in [3.8, 4) is 5.75 Å². The van der Waals surface area contributed by atoms with Crippen LogP contribution in [0, 0.1) is 0 Å². The molecule has 0 bridgehead atoms. The molecule has 9 nitrogen and oxygen atoms in total. The molecule has 1 saturated heterocycles. The molecule has 2 aromatic rings. The minimum atomic E-state index is -4.94. The van der Waals surface area contributed by atoms with Crippen molar-refractivity contribution in [3.05, 3.63) is 59.2 Å². The van der Waals surface area contributed by atoms with Crippen LogP contribution in [0.25, 0.3) is 0 Å². The van der Waals surface area contributed by atoms with Gasteiger partial charge in [-0.15, -0.1) is 13.2 Å². The summed E-state index contributed by atoms with van der Waals surface area (Å²) in [6.07, 6.45) is -6.04. The lowest BCUT2D eigenvalue weighted by atomic mass is 10.0. The maximum Gasteiger partial charge on any atom is 0.573 e. The van der Waals surface area contributed by atoms with Gasteiger partial charge in [-0.2, -0.15) is 0 Å². The summed E-state index contributed by atoms with van der Waals surface area (Å²) in [6, 6.07) is 7.70. The van der Waals surface area contributed by atoms with Crippen LogP contribution in [0.1, 0.15) is 47.3 Å². The molecule has 2 aliphatic rings. The Morgan fingerprint density at radius 3 is 2.60 bits per heavy atom. The highest BCUT2D eigenvalue weighted by atomic mass is 19.4. The molecule has 184 valence electrons. The van der Waals surface area contributed by atoms with Crippen LogP contribution in [-0.4, -0.2) is 46.2 Å². The molecule has 0 spiro atoms. The summed E-state index contributed by atoms with van der Waals surface area (Å²) in [4.78, 5) is 51.0. The van der Waals surface area contributed by atoms with Gasteiger partial charge in [0.2, 0.25) is 11.8 Å². The second-order valence-electron chi connectivity index (χ2n) is 8.19. The van der Waals surface area contributed by atoms with Gasteiger partial charge in [-0.25, -0.2) is 4.79 Å². The lowest BCUT2D eigenvalue weighted by molar-refractivity contribution is -0.274. The molecule has 0 aliphatic carbocycles. The van der Waals surface area contributed by atoms with Gasteiger partial charge in [-0.1, -0.05) is 18.2 Å². The molecule has 2 aliphatic heterocycles. The Hall–Kier alpha value is -4.09. The molecule has 1 fully saturated rings. The average molecular weight is 491 g/mol. The summed E-state index contributed by atoms with van der Waals surface area (Å²) in [5.74, 6) is -1.94. The predicted molar refractivity (Wildman–Crippen MR) is 115 cm³/mol. The number of hydrogen-bond donors (Lipinski definition) is 2. The molecule has 4 rings (SSSR count). The molecule has 2 unspecified atom stereocenters. The highest BCUT2D eigenvalue weighted by molar-refractivity contribution is 6.05. The summed E-state index contributed by atoms with van der Waals surface area (Å²) < 4.78 is 41.7. The molecule has 0 saturated carbocycles. The maximum atomic E-state index is 13.1. The molecule has 12 heteroatoms. The number of amides is 4. The maximum absolute atomic E-state index is 13.1. The van der Waals surface area contributed by atoms with Gasteiger partial charge in [-0.05, 0) is 42.7 Å².